The fourth-order valence-electron chi connectivity index (χ4n) is 3.17. The zero-order chi connectivity index (χ0) is 19.9. The lowest BCUT2D eigenvalue weighted by molar-refractivity contribution is -0.137. The van der Waals surface area contributed by atoms with Gasteiger partial charge in [-0.3, -0.25) is 14.5 Å². The van der Waals surface area contributed by atoms with Crippen molar-refractivity contribution in [1.82, 2.24) is 24.6 Å². The van der Waals surface area contributed by atoms with E-state index in [1.165, 1.54) is 6.07 Å². The monoisotopic (exact) mass is 386 g/mol. The van der Waals surface area contributed by atoms with Crippen LogP contribution < -0.4 is 0 Å². The first-order valence-electron chi connectivity index (χ1n) is 8.60. The Morgan fingerprint density at radius 3 is 2.61 bits per heavy atom. The molecule has 0 fully saturated rings. The van der Waals surface area contributed by atoms with E-state index >= 15 is 0 Å². The number of halogens is 3. The second kappa shape index (κ2) is 6.83. The standard InChI is InChI=1S/C19H17F3N6/c1-27(2)11-17-26-25-16-10-24-18(14-5-3-4-8-23-14)13-9-12(19(20,21)22)6-7-15(13)28(16)17/h3-9H,10-11H2,1-2H3. The molecule has 4 rings (SSSR count). The Bertz CT molecular complexity index is 1040. The van der Waals surface area contributed by atoms with Gasteiger partial charge in [0.05, 0.1) is 29.2 Å². The Kier molecular flexibility index (Phi) is 4.46. The fourth-order valence-corrected chi connectivity index (χ4v) is 3.17. The summed E-state index contributed by atoms with van der Waals surface area (Å²) in [4.78, 5) is 10.8. The van der Waals surface area contributed by atoms with Gasteiger partial charge in [-0.2, -0.15) is 13.2 Å². The van der Waals surface area contributed by atoms with Crippen LogP contribution in [0.3, 0.4) is 0 Å². The lowest BCUT2D eigenvalue weighted by Gasteiger charge is -2.17. The lowest BCUT2D eigenvalue weighted by atomic mass is 10.0. The van der Waals surface area contributed by atoms with Gasteiger partial charge in [-0.25, -0.2) is 0 Å². The zero-order valence-electron chi connectivity index (χ0n) is 15.3. The predicted molar refractivity (Wildman–Crippen MR) is 97.3 cm³/mol. The third-order valence-corrected chi connectivity index (χ3v) is 4.36. The first-order chi connectivity index (χ1) is 13.3. The van der Waals surface area contributed by atoms with Gasteiger partial charge in [0.2, 0.25) is 0 Å². The Hall–Kier alpha value is -3.07. The molecule has 1 aliphatic heterocycles. The molecule has 3 aromatic rings. The van der Waals surface area contributed by atoms with Crippen molar-refractivity contribution in [3.63, 3.8) is 0 Å². The van der Waals surface area contributed by atoms with Crippen LogP contribution >= 0.6 is 0 Å². The summed E-state index contributed by atoms with van der Waals surface area (Å²) in [5, 5.41) is 8.42. The second-order valence-corrected chi connectivity index (χ2v) is 6.72. The Morgan fingerprint density at radius 1 is 1.11 bits per heavy atom. The summed E-state index contributed by atoms with van der Waals surface area (Å²) >= 11 is 0. The number of aliphatic imine (C=N–C) groups is 1. The minimum atomic E-state index is -4.46. The van der Waals surface area contributed by atoms with Crippen molar-refractivity contribution in [1.29, 1.82) is 0 Å². The highest BCUT2D eigenvalue weighted by atomic mass is 19.4. The van der Waals surface area contributed by atoms with Gasteiger partial charge in [-0.1, -0.05) is 6.07 Å². The Balaban J connectivity index is 1.96. The van der Waals surface area contributed by atoms with Crippen LogP contribution in [0.1, 0.15) is 28.5 Å². The first kappa shape index (κ1) is 18.3. The molecule has 6 nitrogen and oxygen atoms in total. The minimum Gasteiger partial charge on any atom is -0.302 e. The molecule has 9 heteroatoms. The van der Waals surface area contributed by atoms with Crippen molar-refractivity contribution >= 4 is 5.71 Å². The number of rotatable bonds is 3. The first-order valence-corrected chi connectivity index (χ1v) is 8.60. The van der Waals surface area contributed by atoms with Crippen LogP contribution in [0.25, 0.3) is 5.69 Å². The van der Waals surface area contributed by atoms with Gasteiger partial charge < -0.3 is 4.90 Å². The summed E-state index contributed by atoms with van der Waals surface area (Å²) in [5.41, 5.74) is 1.10. The Labute approximate surface area is 159 Å². The summed E-state index contributed by atoms with van der Waals surface area (Å²) in [6.45, 7) is 0.689. The Morgan fingerprint density at radius 2 is 1.93 bits per heavy atom. The normalized spacial score (nSPS) is 13.7. The van der Waals surface area contributed by atoms with Gasteiger partial charge >= 0.3 is 6.18 Å². The maximum atomic E-state index is 13.4. The molecule has 0 amide bonds. The molecule has 2 aromatic heterocycles. The third-order valence-electron chi connectivity index (χ3n) is 4.36. The highest BCUT2D eigenvalue weighted by Crippen LogP contribution is 2.34. The molecule has 1 aliphatic rings. The number of hydrogen-bond acceptors (Lipinski definition) is 5. The summed E-state index contributed by atoms with van der Waals surface area (Å²) in [7, 11) is 3.78. The van der Waals surface area contributed by atoms with Crippen LogP contribution in [-0.4, -0.2) is 44.5 Å². The number of alkyl halides is 3. The van der Waals surface area contributed by atoms with Gasteiger partial charge in [-0.05, 0) is 44.4 Å². The van der Waals surface area contributed by atoms with Crippen LogP contribution in [-0.2, 0) is 19.3 Å². The molecule has 0 unspecified atom stereocenters. The maximum Gasteiger partial charge on any atom is 0.416 e. The lowest BCUT2D eigenvalue weighted by Crippen LogP contribution is -2.17. The van der Waals surface area contributed by atoms with Crippen molar-refractivity contribution < 1.29 is 13.2 Å². The van der Waals surface area contributed by atoms with Crippen LogP contribution in [0.15, 0.2) is 47.6 Å². The van der Waals surface area contributed by atoms with E-state index in [0.29, 0.717) is 40.9 Å². The molecule has 1 aromatic carbocycles. The number of aromatic nitrogens is 4. The molecule has 0 radical (unpaired) electrons. The molecule has 0 atom stereocenters. The van der Waals surface area contributed by atoms with E-state index in [1.54, 1.807) is 29.0 Å². The quantitative estimate of drug-likeness (QED) is 0.694. The number of pyridine rings is 1. The van der Waals surface area contributed by atoms with E-state index in [-0.39, 0.29) is 6.54 Å². The molecule has 0 bridgehead atoms. The minimum absolute atomic E-state index is 0.197. The van der Waals surface area contributed by atoms with Gasteiger partial charge in [0.25, 0.3) is 0 Å². The van der Waals surface area contributed by atoms with Crippen LogP contribution in [0, 0.1) is 0 Å². The predicted octanol–water partition coefficient (Wildman–Crippen LogP) is 3.09. The molecule has 28 heavy (non-hydrogen) atoms. The molecule has 0 N–H and O–H groups in total. The van der Waals surface area contributed by atoms with Gasteiger partial charge in [0.1, 0.15) is 6.54 Å². The van der Waals surface area contributed by atoms with Crippen molar-refractivity contribution in [3.8, 4) is 5.69 Å². The SMILES string of the molecule is CN(C)Cc1nnc2n1-c1ccc(C(F)(F)F)cc1C(c1ccccn1)=NC2. The molecule has 3 heterocycles. The molecular weight excluding hydrogens is 369 g/mol. The fraction of sp³-hybridized carbons (Fsp3) is 0.263. The van der Waals surface area contributed by atoms with Gasteiger partial charge in [0, 0.05) is 11.8 Å². The van der Waals surface area contributed by atoms with Crippen molar-refractivity contribution in [2.24, 2.45) is 4.99 Å². The van der Waals surface area contributed by atoms with Gasteiger partial charge in [-0.15, -0.1) is 10.2 Å². The smallest absolute Gasteiger partial charge is 0.302 e. The van der Waals surface area contributed by atoms with E-state index in [1.807, 2.05) is 19.0 Å². The van der Waals surface area contributed by atoms with E-state index in [2.05, 4.69) is 20.2 Å². The number of fused-ring (bicyclic) bond motifs is 3. The second-order valence-electron chi connectivity index (χ2n) is 6.72. The molecule has 0 spiro atoms. The van der Waals surface area contributed by atoms with Crippen LogP contribution in [0.5, 0.6) is 0 Å². The molecule has 0 saturated heterocycles. The summed E-state index contributed by atoms with van der Waals surface area (Å²) in [6.07, 6.45) is -2.87. The van der Waals surface area contributed by atoms with Crippen LogP contribution in [0.2, 0.25) is 0 Å². The third kappa shape index (κ3) is 3.29. The topological polar surface area (TPSA) is 59.2 Å². The zero-order valence-corrected chi connectivity index (χ0v) is 15.3. The summed E-state index contributed by atoms with van der Waals surface area (Å²) in [5.74, 6) is 1.21. The van der Waals surface area contributed by atoms with Crippen molar-refractivity contribution in [2.45, 2.75) is 19.3 Å². The largest absolute Gasteiger partial charge is 0.416 e. The van der Waals surface area contributed by atoms with E-state index in [0.717, 1.165) is 12.1 Å². The number of benzene rings is 1. The summed E-state index contributed by atoms with van der Waals surface area (Å²) < 4.78 is 41.9. The number of nitrogens with zero attached hydrogens (tertiary/aromatic N) is 6. The molecule has 0 aliphatic carbocycles. The van der Waals surface area contributed by atoms with Crippen molar-refractivity contribution in [3.05, 3.63) is 71.1 Å². The van der Waals surface area contributed by atoms with Crippen molar-refractivity contribution in [2.75, 3.05) is 14.1 Å². The van der Waals surface area contributed by atoms with E-state index in [9.17, 15) is 13.2 Å². The van der Waals surface area contributed by atoms with Gasteiger partial charge in [0.15, 0.2) is 11.6 Å². The highest BCUT2D eigenvalue weighted by molar-refractivity contribution is 6.14. The average Bonchev–Trinajstić information content (AvgIpc) is 2.95. The maximum absolute atomic E-state index is 13.4. The van der Waals surface area contributed by atoms with E-state index < -0.39 is 11.7 Å². The highest BCUT2D eigenvalue weighted by Gasteiger charge is 2.33. The molecule has 144 valence electrons. The summed E-state index contributed by atoms with van der Waals surface area (Å²) in [6, 6.07) is 8.91. The van der Waals surface area contributed by atoms with Crippen LogP contribution in [0.4, 0.5) is 13.2 Å². The average molecular weight is 386 g/mol. The van der Waals surface area contributed by atoms with E-state index in [4.69, 9.17) is 0 Å². The number of hydrogen-bond donors (Lipinski definition) is 0. The molecule has 0 saturated carbocycles. The molecular formula is C19H17F3N6.